The zero-order valence-electron chi connectivity index (χ0n) is 31.7. The lowest BCUT2D eigenvalue weighted by Crippen LogP contribution is -2.46. The van der Waals surface area contributed by atoms with E-state index >= 15 is 0 Å². The lowest BCUT2D eigenvalue weighted by Gasteiger charge is -2.39. The van der Waals surface area contributed by atoms with Crippen molar-refractivity contribution in [2.75, 3.05) is 31.1 Å². The summed E-state index contributed by atoms with van der Waals surface area (Å²) in [5, 5.41) is -0.354. The zero-order valence-corrected chi connectivity index (χ0v) is 34.9. The highest BCUT2D eigenvalue weighted by molar-refractivity contribution is 7.99. The fourth-order valence-electron chi connectivity index (χ4n) is 7.62. The summed E-state index contributed by atoms with van der Waals surface area (Å²) in [6, 6.07) is 21.6. The van der Waals surface area contributed by atoms with E-state index in [4.69, 9.17) is 11.6 Å². The quantitative estimate of drug-likeness (QED) is 0.114. The van der Waals surface area contributed by atoms with E-state index in [0.29, 0.717) is 6.42 Å². The molecule has 302 valence electrons. The maximum atomic E-state index is 14.1. The number of halogens is 5. The summed E-state index contributed by atoms with van der Waals surface area (Å²) in [5.41, 5.74) is 4.26. The van der Waals surface area contributed by atoms with Crippen LogP contribution in [0.15, 0.2) is 112 Å². The van der Waals surface area contributed by atoms with Crippen molar-refractivity contribution in [1.82, 2.24) is 18.9 Å². The van der Waals surface area contributed by atoms with E-state index in [1.54, 1.807) is 24.3 Å². The highest BCUT2D eigenvalue weighted by Gasteiger charge is 2.51. The molecule has 0 radical (unpaired) electrons. The van der Waals surface area contributed by atoms with Crippen LogP contribution in [0.25, 0.3) is 22.4 Å². The summed E-state index contributed by atoms with van der Waals surface area (Å²) in [6.07, 6.45) is 7.68. The van der Waals surface area contributed by atoms with Crippen LogP contribution < -0.4 is 14.3 Å². The fraction of sp³-hybridized carbons (Fsp3) is 0.333. The van der Waals surface area contributed by atoms with Crippen LogP contribution in [0.2, 0.25) is 5.02 Å². The summed E-state index contributed by atoms with van der Waals surface area (Å²) < 4.78 is 88.9. The van der Waals surface area contributed by atoms with Crippen molar-refractivity contribution in [3.63, 3.8) is 0 Å². The van der Waals surface area contributed by atoms with Gasteiger partial charge in [-0.15, -0.1) is 0 Å². The molecule has 2 unspecified atom stereocenters. The molecule has 3 aromatic carbocycles. The maximum absolute atomic E-state index is 14.1. The molecule has 2 atom stereocenters. The Bertz CT molecular complexity index is 2320. The molecule has 7 rings (SSSR count). The second-order valence-corrected chi connectivity index (χ2v) is 18.7. The molecule has 15 heteroatoms. The predicted octanol–water partition coefficient (Wildman–Crippen LogP) is 10.3. The topological polar surface area (TPSA) is 69.6 Å². The van der Waals surface area contributed by atoms with Crippen molar-refractivity contribution < 1.29 is 26.0 Å². The van der Waals surface area contributed by atoms with E-state index in [0.717, 1.165) is 101 Å². The van der Waals surface area contributed by atoms with E-state index in [1.165, 1.54) is 29.8 Å². The molecule has 0 saturated carbocycles. The first-order valence-electron chi connectivity index (χ1n) is 18.7. The van der Waals surface area contributed by atoms with Gasteiger partial charge in [0.05, 0.1) is 21.7 Å². The average Bonchev–Trinajstić information content (AvgIpc) is 3.44. The van der Waals surface area contributed by atoms with Crippen LogP contribution in [0.3, 0.4) is 0 Å². The number of alkyl halides is 3. The lowest BCUT2D eigenvalue weighted by molar-refractivity contribution is -0.0428. The molecule has 1 aliphatic heterocycles. The van der Waals surface area contributed by atoms with Gasteiger partial charge in [-0.05, 0) is 129 Å². The lowest BCUT2D eigenvalue weighted by atomic mass is 9.97. The Kier molecular flexibility index (Phi) is 12.5. The molecule has 0 bridgehead atoms. The van der Waals surface area contributed by atoms with Crippen LogP contribution in [0.4, 0.5) is 23.2 Å². The number of anilines is 1. The number of benzene rings is 3. The third-order valence-corrected chi connectivity index (χ3v) is 14.9. The highest BCUT2D eigenvalue weighted by Crippen LogP contribution is 2.41. The molecule has 1 aromatic heterocycles. The number of sulfone groups is 1. The highest BCUT2D eigenvalue weighted by atomic mass is 35.5. The number of nitrogens with one attached hydrogen (secondary N) is 2. The largest absolute Gasteiger partial charge is 0.501 e. The molecular weight excluding hydrogens is 814 g/mol. The van der Waals surface area contributed by atoms with Crippen molar-refractivity contribution in [2.45, 2.75) is 61.2 Å². The van der Waals surface area contributed by atoms with Gasteiger partial charge in [0.15, 0.2) is 0 Å². The third-order valence-electron chi connectivity index (χ3n) is 11.0. The summed E-state index contributed by atoms with van der Waals surface area (Å²) in [5.74, 6) is -0.444. The number of nitrogens with zero attached hydrogens (tertiary/aromatic N) is 3. The standard InChI is InChI=1S/C42H44ClF4N5O2S3/c1-27-28(2)50(3)41(30-12-18-37(44)36(43)25-30)40(27)29-8-7-9-33(24-29)52-22-20-51(21-23-52)32-15-13-31(14-16-32)48-56-35-17-19-38(49-55-34-10-5-4-6-11-34)39(26-35)57(53,54)42(45,46)47/h4-13,15,18,24-26,35,38,48-49H,14,16-17,19-23H2,1-3H3. The molecule has 2 aliphatic carbocycles. The van der Waals surface area contributed by atoms with Gasteiger partial charge in [-0.2, -0.15) is 13.2 Å². The Balaban J connectivity index is 0.977. The van der Waals surface area contributed by atoms with E-state index in [1.807, 2.05) is 31.3 Å². The fourth-order valence-corrected chi connectivity index (χ4v) is 10.9. The Hall–Kier alpha value is -3.82. The summed E-state index contributed by atoms with van der Waals surface area (Å²) in [6.45, 7) is 7.59. The number of piperazine rings is 1. The minimum absolute atomic E-state index is 0.0928. The van der Waals surface area contributed by atoms with Crippen molar-refractivity contribution in [3.8, 4) is 22.4 Å². The minimum atomic E-state index is -5.51. The molecular formula is C42H44ClF4N5O2S3. The van der Waals surface area contributed by atoms with Crippen molar-refractivity contribution in [1.29, 1.82) is 0 Å². The van der Waals surface area contributed by atoms with E-state index in [2.05, 4.69) is 68.0 Å². The molecule has 0 amide bonds. The van der Waals surface area contributed by atoms with Gasteiger partial charge in [0.25, 0.3) is 9.84 Å². The van der Waals surface area contributed by atoms with Crippen LogP contribution in [0.1, 0.15) is 36.9 Å². The summed E-state index contributed by atoms with van der Waals surface area (Å²) in [7, 11) is -3.48. The number of allylic oxidation sites excluding steroid dienone is 4. The Labute approximate surface area is 345 Å². The molecule has 2 N–H and O–H groups in total. The second-order valence-electron chi connectivity index (χ2n) is 14.4. The molecule has 57 heavy (non-hydrogen) atoms. The number of rotatable bonds is 11. The van der Waals surface area contributed by atoms with E-state index in [9.17, 15) is 26.0 Å². The summed E-state index contributed by atoms with van der Waals surface area (Å²) in [4.78, 5) is 4.95. The van der Waals surface area contributed by atoms with Crippen LogP contribution in [-0.4, -0.2) is 60.9 Å². The second kappa shape index (κ2) is 17.2. The zero-order chi connectivity index (χ0) is 40.5. The van der Waals surface area contributed by atoms with Gasteiger partial charge in [0.2, 0.25) is 0 Å². The monoisotopic (exact) mass is 857 g/mol. The Morgan fingerprint density at radius 1 is 0.860 bits per heavy atom. The Morgan fingerprint density at radius 3 is 2.28 bits per heavy atom. The molecule has 7 nitrogen and oxygen atoms in total. The van der Waals surface area contributed by atoms with Gasteiger partial charge < -0.3 is 19.1 Å². The average molecular weight is 858 g/mol. The SMILES string of the molecule is Cc1c(-c2cccc(N3CCN(C4=CC=C(NSC5C=C(S(=O)(=O)C(F)(F)F)C(NSc6ccccc6)CC5)CC4)CC3)c2)c(-c2ccc(F)c(Cl)c2)n(C)c1C. The number of aromatic nitrogens is 1. The van der Waals surface area contributed by atoms with Crippen LogP contribution in [-0.2, 0) is 16.9 Å². The van der Waals surface area contributed by atoms with Gasteiger partial charge in [0.1, 0.15) is 5.82 Å². The van der Waals surface area contributed by atoms with Gasteiger partial charge in [0, 0.05) is 77.3 Å². The molecule has 2 heterocycles. The normalized spacial score (nSPS) is 19.3. The van der Waals surface area contributed by atoms with Gasteiger partial charge in [-0.25, -0.2) is 12.8 Å². The first-order valence-corrected chi connectivity index (χ1v) is 22.3. The van der Waals surface area contributed by atoms with E-state index < -0.39 is 37.4 Å². The van der Waals surface area contributed by atoms with Crippen molar-refractivity contribution >= 4 is 51.0 Å². The molecule has 3 aliphatic rings. The van der Waals surface area contributed by atoms with Crippen LogP contribution in [0.5, 0.6) is 0 Å². The smallest absolute Gasteiger partial charge is 0.371 e. The van der Waals surface area contributed by atoms with Crippen molar-refractivity contribution in [2.24, 2.45) is 7.05 Å². The van der Waals surface area contributed by atoms with Gasteiger partial charge in [-0.3, -0.25) is 4.72 Å². The first kappa shape index (κ1) is 41.3. The maximum Gasteiger partial charge on any atom is 0.501 e. The third kappa shape index (κ3) is 8.95. The van der Waals surface area contributed by atoms with E-state index in [-0.39, 0.29) is 11.4 Å². The van der Waals surface area contributed by atoms with Crippen LogP contribution >= 0.6 is 35.5 Å². The Morgan fingerprint density at radius 2 is 1.60 bits per heavy atom. The van der Waals surface area contributed by atoms with Gasteiger partial charge in [-0.1, -0.05) is 48.0 Å². The molecule has 4 aromatic rings. The van der Waals surface area contributed by atoms with Crippen molar-refractivity contribution in [3.05, 3.63) is 129 Å². The first-order chi connectivity index (χ1) is 27.2. The van der Waals surface area contributed by atoms with Crippen LogP contribution in [0, 0.1) is 19.7 Å². The number of hydrogen-bond acceptors (Lipinski definition) is 8. The molecule has 1 fully saturated rings. The minimum Gasteiger partial charge on any atom is -0.371 e. The summed E-state index contributed by atoms with van der Waals surface area (Å²) >= 11 is 8.59. The molecule has 1 saturated heterocycles. The number of hydrogen-bond donors (Lipinski definition) is 2. The van der Waals surface area contributed by atoms with Gasteiger partial charge >= 0.3 is 5.51 Å². The predicted molar refractivity (Wildman–Crippen MR) is 226 cm³/mol. The molecule has 0 spiro atoms.